The van der Waals surface area contributed by atoms with E-state index in [0.717, 1.165) is 12.8 Å². The lowest BCUT2D eigenvalue weighted by Crippen LogP contribution is -2.59. The summed E-state index contributed by atoms with van der Waals surface area (Å²) in [5.41, 5.74) is -0.730. The number of aliphatic hydroxyl groups excluding tert-OH is 1. The van der Waals surface area contributed by atoms with Gasteiger partial charge < -0.3 is 14.3 Å². The molecule has 0 bridgehead atoms. The molecule has 0 aromatic carbocycles. The van der Waals surface area contributed by atoms with E-state index in [1.54, 1.807) is 0 Å². The fourth-order valence-electron chi connectivity index (χ4n) is 5.39. The highest BCUT2D eigenvalue weighted by Gasteiger charge is 2.51. The topological polar surface area (TPSA) is 68.2 Å². The van der Waals surface area contributed by atoms with Gasteiger partial charge in [-0.15, -0.1) is 0 Å². The van der Waals surface area contributed by atoms with Crippen LogP contribution >= 0.6 is 0 Å². The van der Waals surface area contributed by atoms with Gasteiger partial charge in [0.15, 0.2) is 8.32 Å². The zero-order valence-electron chi connectivity index (χ0n) is 25.4. The van der Waals surface area contributed by atoms with Crippen molar-refractivity contribution in [3.8, 4) is 0 Å². The van der Waals surface area contributed by atoms with Crippen molar-refractivity contribution in [1.82, 2.24) is 5.06 Å². The van der Waals surface area contributed by atoms with Gasteiger partial charge in [0, 0.05) is 17.0 Å². The molecule has 2 rings (SSSR count). The van der Waals surface area contributed by atoms with E-state index in [0.29, 0.717) is 6.42 Å². The average molecular weight is 526 g/mol. The normalized spacial score (nSPS) is 30.5. The predicted molar refractivity (Wildman–Crippen MR) is 149 cm³/mol. The number of esters is 1. The van der Waals surface area contributed by atoms with Crippen LogP contribution < -0.4 is 0 Å². The van der Waals surface area contributed by atoms with Crippen LogP contribution in [0.5, 0.6) is 0 Å². The smallest absolute Gasteiger partial charge is 0.312 e. The molecule has 0 unspecified atom stereocenters. The minimum absolute atomic E-state index is 0.0258. The van der Waals surface area contributed by atoms with Crippen LogP contribution in [0.3, 0.4) is 0 Å². The number of hydrogen-bond donors (Lipinski definition) is 1. The van der Waals surface area contributed by atoms with Gasteiger partial charge in [-0.1, -0.05) is 32.9 Å². The molecule has 2 aliphatic rings. The van der Waals surface area contributed by atoms with E-state index in [1.807, 2.05) is 39.8 Å². The highest BCUT2D eigenvalue weighted by atomic mass is 28.4. The fraction of sp³-hybridized carbons (Fsp3) is 0.897. The number of carbonyl (C=O) groups is 1. The molecular weight excluding hydrogens is 470 g/mol. The minimum Gasteiger partial charge on any atom is -0.460 e. The number of aliphatic hydroxyl groups is 1. The van der Waals surface area contributed by atoms with Gasteiger partial charge in [-0.05, 0) is 99.2 Å². The van der Waals surface area contributed by atoms with E-state index in [9.17, 15) is 9.90 Å². The summed E-state index contributed by atoms with van der Waals surface area (Å²) in [5, 5.41) is 13.2. The Bertz CT molecular complexity index is 776. The van der Waals surface area contributed by atoms with Crippen LogP contribution in [0.2, 0.25) is 18.1 Å². The van der Waals surface area contributed by atoms with Crippen LogP contribution in [0, 0.1) is 11.8 Å². The Labute approximate surface area is 222 Å². The molecule has 1 saturated heterocycles. The summed E-state index contributed by atoms with van der Waals surface area (Å²) in [6, 6.07) is 0. The number of ether oxygens (including phenoxy) is 1. The maximum Gasteiger partial charge on any atom is 0.312 e. The lowest BCUT2D eigenvalue weighted by Gasteiger charge is -2.52. The lowest BCUT2D eigenvalue weighted by molar-refractivity contribution is -0.293. The molecule has 0 aromatic rings. The lowest BCUT2D eigenvalue weighted by atomic mass is 9.82. The van der Waals surface area contributed by atoms with Gasteiger partial charge in [0.2, 0.25) is 0 Å². The van der Waals surface area contributed by atoms with Gasteiger partial charge in [0.25, 0.3) is 0 Å². The largest absolute Gasteiger partial charge is 0.460 e. The molecule has 1 aliphatic carbocycles. The Morgan fingerprint density at radius 3 is 2.06 bits per heavy atom. The second-order valence-electron chi connectivity index (χ2n) is 14.8. The summed E-state index contributed by atoms with van der Waals surface area (Å²) >= 11 is 0. The molecular formula is C29H55NO5Si. The second-order valence-corrected chi connectivity index (χ2v) is 19.6. The molecule has 2 fully saturated rings. The van der Waals surface area contributed by atoms with E-state index in [4.69, 9.17) is 14.0 Å². The fourth-order valence-corrected chi connectivity index (χ4v) is 6.75. The summed E-state index contributed by atoms with van der Waals surface area (Å²) in [6.45, 7) is 27.6. The SMILES string of the molecule is C[C@H](C=C[C@H]1[C@H](C(=O)OC(C)(C)C)[C@@H](O)C[C@@H]1O[Si](C)(C)C(C)(C)C)ON1C(C)(C)CCCC1(C)C. The molecule has 36 heavy (non-hydrogen) atoms. The molecule has 1 aliphatic heterocycles. The Kier molecular flexibility index (Phi) is 9.44. The van der Waals surface area contributed by atoms with Crippen molar-refractivity contribution < 1.29 is 23.9 Å². The van der Waals surface area contributed by atoms with Crippen LogP contribution in [0.1, 0.15) is 102 Å². The summed E-state index contributed by atoms with van der Waals surface area (Å²) in [7, 11) is -2.12. The maximum absolute atomic E-state index is 13.2. The standard InChI is InChI=1S/C29H55NO5Si/c1-20(34-30-28(8,9)17-14-18-29(30,10)11)15-16-21-23(35-36(12,13)27(5,6)7)19-22(31)24(21)25(32)33-26(2,3)4/h15-16,20-24,31H,14,17-19H2,1-13H3/t20-,21-,22+,23+,24+/m1/s1. The highest BCUT2D eigenvalue weighted by Crippen LogP contribution is 2.44. The summed E-state index contributed by atoms with van der Waals surface area (Å²) in [6.07, 6.45) is 6.62. The molecule has 7 heteroatoms. The third-order valence-electron chi connectivity index (χ3n) is 8.22. The number of nitrogens with zero attached hydrogens (tertiary/aromatic N) is 1. The van der Waals surface area contributed by atoms with Crippen LogP contribution in [-0.2, 0) is 18.8 Å². The number of hydroxylamine groups is 2. The highest BCUT2D eigenvalue weighted by molar-refractivity contribution is 6.74. The van der Waals surface area contributed by atoms with Crippen LogP contribution in [0.25, 0.3) is 0 Å². The summed E-state index contributed by atoms with van der Waals surface area (Å²) in [4.78, 5) is 19.7. The molecule has 0 spiro atoms. The van der Waals surface area contributed by atoms with Gasteiger partial charge in [0.05, 0.1) is 24.2 Å². The van der Waals surface area contributed by atoms with Crippen molar-refractivity contribution >= 4 is 14.3 Å². The van der Waals surface area contributed by atoms with Crippen LogP contribution in [-0.4, -0.2) is 59.4 Å². The zero-order valence-corrected chi connectivity index (χ0v) is 26.4. The Hall–Kier alpha value is -0.733. The van der Waals surface area contributed by atoms with E-state index in [-0.39, 0.29) is 40.2 Å². The number of piperidine rings is 1. The average Bonchev–Trinajstić information content (AvgIpc) is 2.94. The van der Waals surface area contributed by atoms with Crippen molar-refractivity contribution in [3.05, 3.63) is 12.2 Å². The Morgan fingerprint density at radius 1 is 1.06 bits per heavy atom. The molecule has 1 saturated carbocycles. The summed E-state index contributed by atoms with van der Waals surface area (Å²) < 4.78 is 12.5. The van der Waals surface area contributed by atoms with Crippen LogP contribution in [0.4, 0.5) is 0 Å². The molecule has 6 nitrogen and oxygen atoms in total. The molecule has 1 N–H and O–H groups in total. The molecule has 0 radical (unpaired) electrons. The Morgan fingerprint density at radius 2 is 1.58 bits per heavy atom. The molecule has 1 heterocycles. The Balaban J connectivity index is 2.31. The minimum atomic E-state index is -2.12. The van der Waals surface area contributed by atoms with E-state index >= 15 is 0 Å². The van der Waals surface area contributed by atoms with Crippen molar-refractivity contribution in [2.24, 2.45) is 11.8 Å². The van der Waals surface area contributed by atoms with E-state index in [1.165, 1.54) is 6.42 Å². The number of hydrogen-bond acceptors (Lipinski definition) is 6. The van der Waals surface area contributed by atoms with Gasteiger partial charge in [-0.3, -0.25) is 9.63 Å². The van der Waals surface area contributed by atoms with Crippen LogP contribution in [0.15, 0.2) is 12.2 Å². The molecule has 5 atom stereocenters. The van der Waals surface area contributed by atoms with E-state index < -0.39 is 25.9 Å². The van der Waals surface area contributed by atoms with Gasteiger partial charge >= 0.3 is 5.97 Å². The molecule has 0 amide bonds. The van der Waals surface area contributed by atoms with E-state index in [2.05, 4.69) is 66.6 Å². The van der Waals surface area contributed by atoms with Crippen molar-refractivity contribution in [1.29, 1.82) is 0 Å². The first-order valence-corrected chi connectivity index (χ1v) is 16.7. The first-order chi connectivity index (χ1) is 16.1. The third kappa shape index (κ3) is 7.65. The maximum atomic E-state index is 13.2. The second kappa shape index (κ2) is 10.8. The van der Waals surface area contributed by atoms with Gasteiger partial charge in [0.1, 0.15) is 5.60 Å². The zero-order chi connectivity index (χ0) is 27.9. The first-order valence-electron chi connectivity index (χ1n) is 13.8. The predicted octanol–water partition coefficient (Wildman–Crippen LogP) is 6.63. The number of carbonyl (C=O) groups excluding carboxylic acids is 1. The summed E-state index contributed by atoms with van der Waals surface area (Å²) in [5.74, 6) is -1.31. The van der Waals surface area contributed by atoms with Crippen molar-refractivity contribution in [3.63, 3.8) is 0 Å². The monoisotopic (exact) mass is 525 g/mol. The molecule has 210 valence electrons. The molecule has 0 aromatic heterocycles. The van der Waals surface area contributed by atoms with Gasteiger partial charge in [-0.25, -0.2) is 0 Å². The third-order valence-corrected chi connectivity index (χ3v) is 12.7. The quantitative estimate of drug-likeness (QED) is 0.228. The van der Waals surface area contributed by atoms with Crippen molar-refractivity contribution in [2.45, 2.75) is 155 Å². The van der Waals surface area contributed by atoms with Crippen molar-refractivity contribution in [2.75, 3.05) is 0 Å². The first kappa shape index (κ1) is 31.5. The van der Waals surface area contributed by atoms with Gasteiger partial charge in [-0.2, -0.15) is 5.06 Å². The number of rotatable bonds is 7.